The summed E-state index contributed by atoms with van der Waals surface area (Å²) in [6.07, 6.45) is 1.41. The van der Waals surface area contributed by atoms with Gasteiger partial charge in [0.05, 0.1) is 12.0 Å². The van der Waals surface area contributed by atoms with Gasteiger partial charge in [0.25, 0.3) is 0 Å². The highest BCUT2D eigenvalue weighted by Gasteiger charge is 2.32. The van der Waals surface area contributed by atoms with E-state index in [1.54, 1.807) is 0 Å². The number of nitrogens with zero attached hydrogens (tertiary/aromatic N) is 1. The molecule has 2 rings (SSSR count). The molecule has 104 valence electrons. The Hall–Kier alpha value is -1.35. The van der Waals surface area contributed by atoms with Crippen molar-refractivity contribution in [2.45, 2.75) is 38.7 Å². The summed E-state index contributed by atoms with van der Waals surface area (Å²) in [5, 5.41) is 9.63. The van der Waals surface area contributed by atoms with Crippen LogP contribution in [0.25, 0.3) is 0 Å². The molecule has 1 aliphatic heterocycles. The van der Waals surface area contributed by atoms with Crippen molar-refractivity contribution in [3.8, 4) is 0 Å². The maximum atomic E-state index is 12.6. The van der Waals surface area contributed by atoms with Gasteiger partial charge in [0.1, 0.15) is 0 Å². The fourth-order valence-electron chi connectivity index (χ4n) is 2.84. The van der Waals surface area contributed by atoms with Gasteiger partial charge in [0.15, 0.2) is 0 Å². The Morgan fingerprint density at radius 2 is 2.11 bits per heavy atom. The zero-order valence-corrected chi connectivity index (χ0v) is 11.7. The van der Waals surface area contributed by atoms with Gasteiger partial charge in [-0.2, -0.15) is 0 Å². The Kier molecular flexibility index (Phi) is 4.59. The van der Waals surface area contributed by atoms with Gasteiger partial charge < -0.3 is 10.0 Å². The maximum Gasteiger partial charge on any atom is 0.230 e. The molecule has 3 heteroatoms. The van der Waals surface area contributed by atoms with Gasteiger partial charge in [-0.05, 0) is 25.3 Å². The lowest BCUT2D eigenvalue weighted by Gasteiger charge is -2.23. The van der Waals surface area contributed by atoms with Gasteiger partial charge in [-0.1, -0.05) is 37.3 Å². The highest BCUT2D eigenvalue weighted by Crippen LogP contribution is 2.27. The van der Waals surface area contributed by atoms with Crippen molar-refractivity contribution in [2.75, 3.05) is 13.1 Å². The van der Waals surface area contributed by atoms with Gasteiger partial charge >= 0.3 is 0 Å². The van der Waals surface area contributed by atoms with E-state index in [4.69, 9.17) is 0 Å². The van der Waals surface area contributed by atoms with Gasteiger partial charge in [-0.3, -0.25) is 4.79 Å². The van der Waals surface area contributed by atoms with E-state index in [0.29, 0.717) is 6.54 Å². The number of aliphatic hydroxyl groups is 1. The first-order valence-corrected chi connectivity index (χ1v) is 7.15. The Morgan fingerprint density at radius 3 is 2.63 bits per heavy atom. The summed E-state index contributed by atoms with van der Waals surface area (Å²) >= 11 is 0. The molecule has 19 heavy (non-hydrogen) atoms. The van der Waals surface area contributed by atoms with Gasteiger partial charge in [-0.15, -0.1) is 0 Å². The first kappa shape index (κ1) is 14.1. The Morgan fingerprint density at radius 1 is 1.42 bits per heavy atom. The summed E-state index contributed by atoms with van der Waals surface area (Å²) in [7, 11) is 0. The predicted molar refractivity (Wildman–Crippen MR) is 75.8 cm³/mol. The third kappa shape index (κ3) is 3.16. The number of likely N-dealkylation sites (tertiary alicyclic amines) is 1. The second-order valence-electron chi connectivity index (χ2n) is 5.45. The van der Waals surface area contributed by atoms with Crippen molar-refractivity contribution >= 4 is 5.91 Å². The van der Waals surface area contributed by atoms with E-state index >= 15 is 0 Å². The van der Waals surface area contributed by atoms with Gasteiger partial charge in [0.2, 0.25) is 5.91 Å². The fraction of sp³-hybridized carbons (Fsp3) is 0.562. The molecule has 0 saturated carbocycles. The molecule has 1 fully saturated rings. The number of amides is 1. The molecule has 1 heterocycles. The summed E-state index contributed by atoms with van der Waals surface area (Å²) in [5.74, 6) is 0.392. The zero-order chi connectivity index (χ0) is 13.8. The van der Waals surface area contributed by atoms with Crippen LogP contribution in [0, 0.1) is 5.92 Å². The quantitative estimate of drug-likeness (QED) is 0.904. The van der Waals surface area contributed by atoms with Crippen LogP contribution in [0.1, 0.15) is 38.2 Å². The van der Waals surface area contributed by atoms with Crippen molar-refractivity contribution in [2.24, 2.45) is 5.92 Å². The lowest BCUT2D eigenvalue weighted by molar-refractivity contribution is -0.132. The summed E-state index contributed by atoms with van der Waals surface area (Å²) in [6.45, 7) is 5.34. The van der Waals surface area contributed by atoms with Crippen LogP contribution in [0.3, 0.4) is 0 Å². The largest absolute Gasteiger partial charge is 0.393 e. The molecule has 3 nitrogen and oxygen atoms in total. The molecule has 0 radical (unpaired) electrons. The first-order chi connectivity index (χ1) is 9.13. The number of hydrogen-bond donors (Lipinski definition) is 1. The number of benzene rings is 1. The predicted octanol–water partition coefficient (Wildman–Crippen LogP) is 2.41. The van der Waals surface area contributed by atoms with E-state index < -0.39 is 0 Å². The minimum atomic E-state index is -0.324. The Balaban J connectivity index is 2.06. The number of rotatable bonds is 4. The van der Waals surface area contributed by atoms with E-state index in [9.17, 15) is 9.90 Å². The molecule has 0 aliphatic carbocycles. The molecule has 1 aromatic rings. The van der Waals surface area contributed by atoms with E-state index in [2.05, 4.69) is 6.92 Å². The van der Waals surface area contributed by atoms with Crippen molar-refractivity contribution in [1.29, 1.82) is 0 Å². The number of aliphatic hydroxyl groups excluding tert-OH is 1. The van der Waals surface area contributed by atoms with Gasteiger partial charge in [-0.25, -0.2) is 0 Å². The standard InChI is InChI=1S/C16H23NO2/c1-3-15(13-7-5-4-6-8-13)16(19)17-10-9-14(11-17)12(2)18/h4-8,12,14-15,18H,3,9-11H2,1-2H3. The van der Waals surface area contributed by atoms with Crippen LogP contribution >= 0.6 is 0 Å². The Bertz CT molecular complexity index is 416. The molecule has 0 spiro atoms. The molecule has 1 saturated heterocycles. The second-order valence-corrected chi connectivity index (χ2v) is 5.45. The van der Waals surface area contributed by atoms with Crippen LogP contribution in [-0.2, 0) is 4.79 Å². The molecule has 3 unspecified atom stereocenters. The molecule has 0 aromatic heterocycles. The summed E-state index contributed by atoms with van der Waals surface area (Å²) in [6, 6.07) is 9.98. The lowest BCUT2D eigenvalue weighted by atomic mass is 9.95. The molecule has 3 atom stereocenters. The monoisotopic (exact) mass is 261 g/mol. The molecule has 1 aliphatic rings. The molecular formula is C16H23NO2. The van der Waals surface area contributed by atoms with Crippen LogP contribution < -0.4 is 0 Å². The van der Waals surface area contributed by atoms with Crippen molar-refractivity contribution < 1.29 is 9.90 Å². The van der Waals surface area contributed by atoms with Crippen LogP contribution in [0.15, 0.2) is 30.3 Å². The average molecular weight is 261 g/mol. The highest BCUT2D eigenvalue weighted by molar-refractivity contribution is 5.84. The van der Waals surface area contributed by atoms with Crippen LogP contribution in [0.5, 0.6) is 0 Å². The Labute approximate surface area is 115 Å². The minimum absolute atomic E-state index is 0.0473. The maximum absolute atomic E-state index is 12.6. The van der Waals surface area contributed by atoms with Crippen molar-refractivity contribution in [3.05, 3.63) is 35.9 Å². The van der Waals surface area contributed by atoms with Crippen molar-refractivity contribution in [3.63, 3.8) is 0 Å². The number of carbonyl (C=O) groups is 1. The molecule has 1 amide bonds. The SMILES string of the molecule is CCC(C(=O)N1CCC(C(C)O)C1)c1ccccc1. The third-order valence-electron chi connectivity index (χ3n) is 4.13. The molecule has 1 N–H and O–H groups in total. The smallest absolute Gasteiger partial charge is 0.230 e. The van der Waals surface area contributed by atoms with E-state index in [1.807, 2.05) is 42.2 Å². The van der Waals surface area contributed by atoms with Crippen molar-refractivity contribution in [1.82, 2.24) is 4.90 Å². The van der Waals surface area contributed by atoms with Gasteiger partial charge in [0, 0.05) is 19.0 Å². The van der Waals surface area contributed by atoms with E-state index in [-0.39, 0.29) is 23.8 Å². The van der Waals surface area contributed by atoms with Crippen LogP contribution in [0.2, 0.25) is 0 Å². The second kappa shape index (κ2) is 6.20. The van der Waals surface area contributed by atoms with Crippen LogP contribution in [-0.4, -0.2) is 35.1 Å². The number of carbonyl (C=O) groups excluding carboxylic acids is 1. The van der Waals surface area contributed by atoms with Crippen LogP contribution in [0.4, 0.5) is 0 Å². The molecule has 0 bridgehead atoms. The zero-order valence-electron chi connectivity index (χ0n) is 11.7. The first-order valence-electron chi connectivity index (χ1n) is 7.15. The lowest BCUT2D eigenvalue weighted by Crippen LogP contribution is -2.34. The normalized spacial score (nSPS) is 22.3. The molecular weight excluding hydrogens is 238 g/mol. The topological polar surface area (TPSA) is 40.5 Å². The number of hydrogen-bond acceptors (Lipinski definition) is 2. The molecule has 1 aromatic carbocycles. The van der Waals surface area contributed by atoms with E-state index in [0.717, 1.165) is 24.9 Å². The fourth-order valence-corrected chi connectivity index (χ4v) is 2.84. The summed E-state index contributed by atoms with van der Waals surface area (Å²) in [5.41, 5.74) is 1.09. The summed E-state index contributed by atoms with van der Waals surface area (Å²) < 4.78 is 0. The highest BCUT2D eigenvalue weighted by atomic mass is 16.3. The third-order valence-corrected chi connectivity index (χ3v) is 4.13. The minimum Gasteiger partial charge on any atom is -0.393 e. The van der Waals surface area contributed by atoms with E-state index in [1.165, 1.54) is 0 Å². The summed E-state index contributed by atoms with van der Waals surface area (Å²) in [4.78, 5) is 14.5. The average Bonchev–Trinajstić information content (AvgIpc) is 2.90.